The van der Waals surface area contributed by atoms with Crippen LogP contribution in [0.1, 0.15) is 50.0 Å². The van der Waals surface area contributed by atoms with Gasteiger partial charge in [-0.2, -0.15) is 4.98 Å². The number of ether oxygens (including phenoxy) is 1. The molecule has 0 aliphatic carbocycles. The van der Waals surface area contributed by atoms with Crippen molar-refractivity contribution in [1.29, 1.82) is 0 Å². The van der Waals surface area contributed by atoms with Gasteiger partial charge in [0, 0.05) is 10.6 Å². The van der Waals surface area contributed by atoms with Crippen molar-refractivity contribution in [3.63, 3.8) is 0 Å². The zero-order chi connectivity index (χ0) is 14.7. The first-order valence-electron chi connectivity index (χ1n) is 7.25. The predicted molar refractivity (Wildman–Crippen MR) is 81.3 cm³/mol. The molecule has 1 aliphatic rings. The van der Waals surface area contributed by atoms with E-state index in [0.29, 0.717) is 11.7 Å². The van der Waals surface area contributed by atoms with Crippen LogP contribution < -0.4 is 10.5 Å². The number of unbranched alkanes of at least 4 members (excludes halogenated alkanes) is 1. The van der Waals surface area contributed by atoms with Gasteiger partial charge in [-0.25, -0.2) is 0 Å². The van der Waals surface area contributed by atoms with E-state index in [0.717, 1.165) is 35.7 Å². The molecular weight excluding hydrogens is 286 g/mol. The van der Waals surface area contributed by atoms with Crippen LogP contribution in [-0.2, 0) is 0 Å². The van der Waals surface area contributed by atoms with Crippen LogP contribution in [0.15, 0.2) is 33.7 Å². The average Bonchev–Trinajstić information content (AvgIpc) is 3.02. The molecule has 2 N–H and O–H groups in total. The molecule has 0 saturated carbocycles. The number of thioether (sulfide) groups is 1. The lowest BCUT2D eigenvalue weighted by molar-refractivity contribution is 0.205. The van der Waals surface area contributed by atoms with Crippen molar-refractivity contribution in [2.24, 2.45) is 5.73 Å². The topological polar surface area (TPSA) is 74.2 Å². The molecule has 0 radical (unpaired) electrons. The van der Waals surface area contributed by atoms with Crippen molar-refractivity contribution < 1.29 is 9.26 Å². The molecule has 3 rings (SSSR count). The molecule has 5 nitrogen and oxygen atoms in total. The smallest absolute Gasteiger partial charge is 0.243 e. The van der Waals surface area contributed by atoms with E-state index in [9.17, 15) is 0 Å². The number of nitrogens with two attached hydrogens (primary N) is 1. The van der Waals surface area contributed by atoms with Gasteiger partial charge in [-0.3, -0.25) is 0 Å². The lowest BCUT2D eigenvalue weighted by atomic mass is 10.1. The van der Waals surface area contributed by atoms with Crippen LogP contribution in [0.2, 0.25) is 0 Å². The molecule has 0 saturated heterocycles. The van der Waals surface area contributed by atoms with Gasteiger partial charge in [0.25, 0.3) is 0 Å². The van der Waals surface area contributed by atoms with Gasteiger partial charge in [0.15, 0.2) is 6.10 Å². The summed E-state index contributed by atoms with van der Waals surface area (Å²) < 4.78 is 11.2. The Morgan fingerprint density at radius 2 is 2.29 bits per heavy atom. The Labute approximate surface area is 128 Å². The van der Waals surface area contributed by atoms with E-state index in [2.05, 4.69) is 23.1 Å². The first kappa shape index (κ1) is 14.4. The summed E-state index contributed by atoms with van der Waals surface area (Å²) >= 11 is 1.75. The summed E-state index contributed by atoms with van der Waals surface area (Å²) in [5, 5.41) is 4.04. The fourth-order valence-electron chi connectivity index (χ4n) is 2.22. The van der Waals surface area contributed by atoms with E-state index in [1.54, 1.807) is 11.8 Å². The molecule has 0 amide bonds. The van der Waals surface area contributed by atoms with E-state index < -0.39 is 0 Å². The molecule has 21 heavy (non-hydrogen) atoms. The first-order chi connectivity index (χ1) is 10.3. The quantitative estimate of drug-likeness (QED) is 0.911. The molecule has 1 aromatic heterocycles. The highest BCUT2D eigenvalue weighted by atomic mass is 32.2. The van der Waals surface area contributed by atoms with Gasteiger partial charge < -0.3 is 15.0 Å². The Morgan fingerprint density at radius 3 is 3.14 bits per heavy atom. The monoisotopic (exact) mass is 305 g/mol. The van der Waals surface area contributed by atoms with Gasteiger partial charge in [-0.05, 0) is 18.6 Å². The number of fused-ring (bicyclic) bond motifs is 1. The minimum Gasteiger partial charge on any atom is -0.480 e. The Hall–Kier alpha value is -1.53. The molecule has 0 fully saturated rings. The van der Waals surface area contributed by atoms with E-state index in [1.165, 1.54) is 0 Å². The van der Waals surface area contributed by atoms with Crippen LogP contribution >= 0.6 is 11.8 Å². The highest BCUT2D eigenvalue weighted by molar-refractivity contribution is 7.99. The summed E-state index contributed by atoms with van der Waals surface area (Å²) in [5.74, 6) is 2.74. The number of hydrogen-bond acceptors (Lipinski definition) is 6. The number of rotatable bonds is 5. The predicted octanol–water partition coefficient (Wildman–Crippen LogP) is 3.49. The summed E-state index contributed by atoms with van der Waals surface area (Å²) in [6.07, 6.45) is 2.85. The molecule has 1 aromatic carbocycles. The highest BCUT2D eigenvalue weighted by Gasteiger charge is 2.27. The molecule has 0 spiro atoms. The summed E-state index contributed by atoms with van der Waals surface area (Å²) in [6, 6.07) is 7.80. The van der Waals surface area contributed by atoms with E-state index in [4.69, 9.17) is 15.0 Å². The Bertz CT molecular complexity index is 602. The van der Waals surface area contributed by atoms with E-state index >= 15 is 0 Å². The summed E-state index contributed by atoms with van der Waals surface area (Å²) in [4.78, 5) is 5.57. The van der Waals surface area contributed by atoms with Crippen LogP contribution in [0, 0.1) is 0 Å². The molecule has 2 heterocycles. The number of benzene rings is 1. The summed E-state index contributed by atoms with van der Waals surface area (Å²) in [5.41, 5.74) is 6.06. The molecule has 2 aromatic rings. The first-order valence-corrected chi connectivity index (χ1v) is 8.24. The Morgan fingerprint density at radius 1 is 1.43 bits per heavy atom. The Balaban J connectivity index is 1.70. The van der Waals surface area contributed by atoms with E-state index in [-0.39, 0.29) is 12.1 Å². The number of para-hydroxylation sites is 1. The second-order valence-corrected chi connectivity index (χ2v) is 6.17. The number of aromatic nitrogens is 2. The molecule has 1 aliphatic heterocycles. The summed E-state index contributed by atoms with van der Waals surface area (Å²) in [7, 11) is 0. The van der Waals surface area contributed by atoms with Crippen molar-refractivity contribution in [3.8, 4) is 5.75 Å². The highest BCUT2D eigenvalue weighted by Crippen LogP contribution is 2.39. The molecule has 2 unspecified atom stereocenters. The van der Waals surface area contributed by atoms with Gasteiger partial charge >= 0.3 is 0 Å². The fraction of sp³-hybridized carbons (Fsp3) is 0.467. The Kier molecular flexibility index (Phi) is 4.45. The number of nitrogens with zero attached hydrogens (tertiary/aromatic N) is 2. The SMILES string of the molecule is CCCCC(N)c1nc(C2CSc3ccccc3O2)no1. The van der Waals surface area contributed by atoms with Crippen LogP contribution in [0.5, 0.6) is 5.75 Å². The normalized spacial score (nSPS) is 18.9. The third-order valence-electron chi connectivity index (χ3n) is 3.44. The van der Waals surface area contributed by atoms with Gasteiger partial charge in [-0.1, -0.05) is 37.1 Å². The fourth-order valence-corrected chi connectivity index (χ4v) is 3.20. The van der Waals surface area contributed by atoms with Crippen molar-refractivity contribution in [2.75, 3.05) is 5.75 Å². The van der Waals surface area contributed by atoms with Crippen LogP contribution in [0.4, 0.5) is 0 Å². The van der Waals surface area contributed by atoms with E-state index in [1.807, 2.05) is 18.2 Å². The van der Waals surface area contributed by atoms with Gasteiger partial charge in [0.1, 0.15) is 5.75 Å². The van der Waals surface area contributed by atoms with Crippen molar-refractivity contribution in [3.05, 3.63) is 36.0 Å². The largest absolute Gasteiger partial charge is 0.480 e. The van der Waals surface area contributed by atoms with Gasteiger partial charge in [-0.15, -0.1) is 11.8 Å². The lowest BCUT2D eigenvalue weighted by Crippen LogP contribution is -2.17. The third-order valence-corrected chi connectivity index (χ3v) is 4.56. The maximum Gasteiger partial charge on any atom is 0.243 e. The molecular formula is C15H19N3O2S. The molecule has 112 valence electrons. The second kappa shape index (κ2) is 6.49. The van der Waals surface area contributed by atoms with Crippen molar-refractivity contribution in [1.82, 2.24) is 10.1 Å². The zero-order valence-electron chi connectivity index (χ0n) is 12.0. The molecule has 2 atom stereocenters. The molecule has 6 heteroatoms. The maximum atomic E-state index is 6.06. The number of hydrogen-bond donors (Lipinski definition) is 1. The minimum atomic E-state index is -0.185. The van der Waals surface area contributed by atoms with Gasteiger partial charge in [0.05, 0.1) is 6.04 Å². The lowest BCUT2D eigenvalue weighted by Gasteiger charge is -2.22. The van der Waals surface area contributed by atoms with Crippen LogP contribution in [-0.4, -0.2) is 15.9 Å². The third kappa shape index (κ3) is 3.22. The minimum absolute atomic E-state index is 0.180. The standard InChI is InChI=1S/C15H19N3O2S/c1-2-3-6-10(16)15-17-14(18-20-15)12-9-21-13-8-5-4-7-11(13)19-12/h4-5,7-8,10,12H,2-3,6,9,16H2,1H3. The average molecular weight is 305 g/mol. The van der Waals surface area contributed by atoms with Crippen LogP contribution in [0.3, 0.4) is 0 Å². The van der Waals surface area contributed by atoms with Crippen molar-refractivity contribution >= 4 is 11.8 Å². The van der Waals surface area contributed by atoms with Crippen LogP contribution in [0.25, 0.3) is 0 Å². The second-order valence-electron chi connectivity index (χ2n) is 5.10. The van der Waals surface area contributed by atoms with Gasteiger partial charge in [0.2, 0.25) is 11.7 Å². The van der Waals surface area contributed by atoms with Crippen molar-refractivity contribution in [2.45, 2.75) is 43.2 Å². The summed E-state index contributed by atoms with van der Waals surface area (Å²) in [6.45, 7) is 2.14. The molecule has 0 bridgehead atoms. The zero-order valence-corrected chi connectivity index (χ0v) is 12.8. The maximum absolute atomic E-state index is 6.06.